The van der Waals surface area contributed by atoms with Gasteiger partial charge in [0.15, 0.2) is 0 Å². The molecule has 2 aromatic heterocycles. The van der Waals surface area contributed by atoms with E-state index in [0.29, 0.717) is 5.02 Å². The lowest BCUT2D eigenvalue weighted by Crippen LogP contribution is -2.12. The number of amides is 1. The van der Waals surface area contributed by atoms with Crippen LogP contribution in [0.3, 0.4) is 0 Å². The maximum Gasteiger partial charge on any atom is 0.267 e. The molecule has 0 aliphatic rings. The Morgan fingerprint density at radius 1 is 1.25 bits per heavy atom. The molecular formula is C14H18ClN3O2. The van der Waals surface area contributed by atoms with Crippen LogP contribution in [0.5, 0.6) is 5.75 Å². The van der Waals surface area contributed by atoms with Gasteiger partial charge >= 0.3 is 0 Å². The van der Waals surface area contributed by atoms with E-state index in [1.165, 1.54) is 12.3 Å². The molecule has 6 heteroatoms. The molecule has 0 aliphatic carbocycles. The zero-order chi connectivity index (χ0) is 15.4. The van der Waals surface area contributed by atoms with E-state index in [4.69, 9.17) is 22.1 Å². The van der Waals surface area contributed by atoms with Crippen molar-refractivity contribution in [2.45, 2.75) is 13.8 Å². The highest BCUT2D eigenvalue weighted by Gasteiger charge is 1.98. The first-order valence-electron chi connectivity index (χ1n) is 5.99. The predicted molar refractivity (Wildman–Crippen MR) is 79.9 cm³/mol. The molecule has 108 valence electrons. The first kappa shape index (κ1) is 17.9. The van der Waals surface area contributed by atoms with Crippen molar-refractivity contribution in [1.82, 2.24) is 9.97 Å². The minimum absolute atomic E-state index is 0.226. The van der Waals surface area contributed by atoms with Gasteiger partial charge in [0.25, 0.3) is 5.91 Å². The Balaban J connectivity index is 0.000000327. The molecule has 0 bridgehead atoms. The van der Waals surface area contributed by atoms with Gasteiger partial charge in [-0.25, -0.2) is 4.98 Å². The van der Waals surface area contributed by atoms with Crippen LogP contribution in [0.4, 0.5) is 0 Å². The van der Waals surface area contributed by atoms with E-state index in [0.717, 1.165) is 5.75 Å². The van der Waals surface area contributed by atoms with Crippen LogP contribution in [0.1, 0.15) is 24.3 Å². The summed E-state index contributed by atoms with van der Waals surface area (Å²) in [6.45, 7) is 4.00. The molecule has 0 fully saturated rings. The molecule has 0 aromatic carbocycles. The summed E-state index contributed by atoms with van der Waals surface area (Å²) in [6.07, 6.45) is 4.75. The van der Waals surface area contributed by atoms with E-state index in [1.54, 1.807) is 25.6 Å². The quantitative estimate of drug-likeness (QED) is 0.924. The number of pyridine rings is 2. The summed E-state index contributed by atoms with van der Waals surface area (Å²) in [5.41, 5.74) is 5.15. The number of nitrogens with zero attached hydrogens (tertiary/aromatic N) is 2. The first-order valence-corrected chi connectivity index (χ1v) is 6.36. The topological polar surface area (TPSA) is 78.1 Å². The molecule has 0 saturated carbocycles. The minimum atomic E-state index is -0.545. The molecule has 5 nitrogen and oxygen atoms in total. The van der Waals surface area contributed by atoms with Gasteiger partial charge in [0.05, 0.1) is 18.3 Å². The van der Waals surface area contributed by atoms with Crippen molar-refractivity contribution < 1.29 is 9.53 Å². The monoisotopic (exact) mass is 295 g/mol. The Morgan fingerprint density at radius 2 is 1.95 bits per heavy atom. The number of hydrogen-bond acceptors (Lipinski definition) is 4. The molecular weight excluding hydrogens is 278 g/mol. The van der Waals surface area contributed by atoms with Crippen molar-refractivity contribution in [2.24, 2.45) is 5.73 Å². The van der Waals surface area contributed by atoms with Crippen molar-refractivity contribution >= 4 is 17.5 Å². The third-order valence-corrected chi connectivity index (χ3v) is 2.07. The van der Waals surface area contributed by atoms with Crippen LogP contribution in [0, 0.1) is 0 Å². The van der Waals surface area contributed by atoms with Crippen LogP contribution in [-0.2, 0) is 0 Å². The van der Waals surface area contributed by atoms with Crippen LogP contribution in [0.2, 0.25) is 5.02 Å². The van der Waals surface area contributed by atoms with E-state index < -0.39 is 5.91 Å². The molecule has 2 heterocycles. The SMILES string of the molecule is CC.COc1cccnc1.NC(=O)c1ccc(Cl)cn1. The molecule has 0 radical (unpaired) electrons. The van der Waals surface area contributed by atoms with Crippen molar-refractivity contribution in [3.05, 3.63) is 53.6 Å². The molecule has 2 rings (SSSR count). The number of methoxy groups -OCH3 is 1. The van der Waals surface area contributed by atoms with Crippen molar-refractivity contribution in [3.63, 3.8) is 0 Å². The summed E-state index contributed by atoms with van der Waals surface area (Å²) in [6, 6.07) is 6.73. The van der Waals surface area contributed by atoms with Crippen LogP contribution in [0.15, 0.2) is 42.9 Å². The highest BCUT2D eigenvalue weighted by molar-refractivity contribution is 6.30. The Hall–Kier alpha value is -2.14. The molecule has 0 aliphatic heterocycles. The van der Waals surface area contributed by atoms with Gasteiger partial charge in [-0.1, -0.05) is 25.4 Å². The lowest BCUT2D eigenvalue weighted by Gasteiger charge is -1.93. The average Bonchev–Trinajstić information content (AvgIpc) is 2.51. The van der Waals surface area contributed by atoms with Crippen LogP contribution < -0.4 is 10.5 Å². The van der Waals surface area contributed by atoms with E-state index in [2.05, 4.69) is 9.97 Å². The summed E-state index contributed by atoms with van der Waals surface area (Å²) >= 11 is 5.50. The van der Waals surface area contributed by atoms with E-state index in [-0.39, 0.29) is 5.69 Å². The summed E-state index contributed by atoms with van der Waals surface area (Å²) in [5, 5.41) is 0.491. The van der Waals surface area contributed by atoms with Gasteiger partial charge in [-0.2, -0.15) is 0 Å². The van der Waals surface area contributed by atoms with E-state index in [1.807, 2.05) is 26.0 Å². The number of ether oxygens (including phenoxy) is 1. The maximum atomic E-state index is 10.4. The average molecular weight is 296 g/mol. The Labute approximate surface area is 123 Å². The van der Waals surface area contributed by atoms with Crippen molar-refractivity contribution in [3.8, 4) is 5.75 Å². The van der Waals surface area contributed by atoms with Gasteiger partial charge in [0.1, 0.15) is 11.4 Å². The number of carbonyl (C=O) groups excluding carboxylic acids is 1. The van der Waals surface area contributed by atoms with Gasteiger partial charge in [-0.05, 0) is 24.3 Å². The summed E-state index contributed by atoms with van der Waals surface area (Å²) < 4.78 is 4.85. The number of nitrogens with two attached hydrogens (primary N) is 1. The molecule has 0 atom stereocenters. The fourth-order valence-electron chi connectivity index (χ4n) is 0.989. The number of aromatic nitrogens is 2. The predicted octanol–water partition coefficient (Wildman–Crippen LogP) is 2.95. The maximum absolute atomic E-state index is 10.4. The molecule has 2 aromatic rings. The number of rotatable bonds is 2. The summed E-state index contributed by atoms with van der Waals surface area (Å²) in [4.78, 5) is 17.9. The lowest BCUT2D eigenvalue weighted by molar-refractivity contribution is 0.0995. The van der Waals surface area contributed by atoms with Gasteiger partial charge in [0.2, 0.25) is 0 Å². The summed E-state index contributed by atoms with van der Waals surface area (Å²) in [7, 11) is 1.62. The Kier molecular flexibility index (Phi) is 9.60. The van der Waals surface area contributed by atoms with Crippen LogP contribution in [0.25, 0.3) is 0 Å². The number of halogens is 1. The molecule has 0 unspecified atom stereocenters. The molecule has 20 heavy (non-hydrogen) atoms. The van der Waals surface area contributed by atoms with Gasteiger partial charge in [0, 0.05) is 12.4 Å². The first-order chi connectivity index (χ1) is 9.63. The van der Waals surface area contributed by atoms with Gasteiger partial charge in [-0.3, -0.25) is 9.78 Å². The van der Waals surface area contributed by atoms with Crippen molar-refractivity contribution in [1.29, 1.82) is 0 Å². The van der Waals surface area contributed by atoms with Gasteiger partial charge < -0.3 is 10.5 Å². The highest BCUT2D eigenvalue weighted by atomic mass is 35.5. The zero-order valence-electron chi connectivity index (χ0n) is 11.7. The second-order valence-corrected chi connectivity index (χ2v) is 3.56. The van der Waals surface area contributed by atoms with Gasteiger partial charge in [-0.15, -0.1) is 0 Å². The van der Waals surface area contributed by atoms with Crippen molar-refractivity contribution in [2.75, 3.05) is 7.11 Å². The second kappa shape index (κ2) is 10.8. The standard InChI is InChI=1S/C6H5ClN2O.C6H7NO.C2H6/c7-4-1-2-5(6(8)10)9-3-4;1-8-6-3-2-4-7-5-6;1-2/h1-3H,(H2,8,10);2-5H,1H3;1-2H3. The molecule has 0 saturated heterocycles. The molecule has 2 N–H and O–H groups in total. The lowest BCUT2D eigenvalue weighted by atomic mass is 10.3. The third-order valence-electron chi connectivity index (χ3n) is 1.85. The molecule has 1 amide bonds. The zero-order valence-corrected chi connectivity index (χ0v) is 12.5. The normalized spacial score (nSPS) is 8.40. The number of primary amides is 1. The largest absolute Gasteiger partial charge is 0.495 e. The summed E-state index contributed by atoms with van der Waals surface area (Å²) in [5.74, 6) is 0.254. The second-order valence-electron chi connectivity index (χ2n) is 3.12. The smallest absolute Gasteiger partial charge is 0.267 e. The van der Waals surface area contributed by atoms with E-state index in [9.17, 15) is 4.79 Å². The highest BCUT2D eigenvalue weighted by Crippen LogP contribution is 2.05. The fourth-order valence-corrected chi connectivity index (χ4v) is 1.10. The number of hydrogen-bond donors (Lipinski definition) is 1. The Bertz CT molecular complexity index is 490. The van der Waals surface area contributed by atoms with Crippen LogP contribution in [-0.4, -0.2) is 23.0 Å². The third kappa shape index (κ3) is 7.33. The minimum Gasteiger partial charge on any atom is -0.495 e. The van der Waals surface area contributed by atoms with Crippen LogP contribution >= 0.6 is 11.6 Å². The molecule has 0 spiro atoms. The van der Waals surface area contributed by atoms with E-state index >= 15 is 0 Å². The Morgan fingerprint density at radius 3 is 2.30 bits per heavy atom. The fraction of sp³-hybridized carbons (Fsp3) is 0.214. The number of carbonyl (C=O) groups is 1.